The number of nitrogens with zero attached hydrogens (tertiary/aromatic N) is 1. The Morgan fingerprint density at radius 1 is 1.35 bits per heavy atom. The Morgan fingerprint density at radius 3 is 2.65 bits per heavy atom. The first-order valence-corrected chi connectivity index (χ1v) is 8.52. The van der Waals surface area contributed by atoms with Gasteiger partial charge in [-0.2, -0.15) is 4.31 Å². The van der Waals surface area contributed by atoms with E-state index in [1.807, 2.05) is 13.8 Å². The Balaban J connectivity index is 2.35. The predicted molar refractivity (Wildman–Crippen MR) is 78.9 cm³/mol. The fraction of sp³-hybridized carbons (Fsp3) is 0.600. The molecule has 2 unspecified atom stereocenters. The zero-order valence-corrected chi connectivity index (χ0v) is 13.2. The third-order valence-corrected chi connectivity index (χ3v) is 6.18. The Morgan fingerprint density at radius 2 is 2.05 bits per heavy atom. The number of sulfonamides is 1. The molecule has 0 aliphatic carbocycles. The maximum absolute atomic E-state index is 12.7. The molecule has 1 heterocycles. The monoisotopic (exact) mass is 297 g/mol. The lowest BCUT2D eigenvalue weighted by Crippen LogP contribution is -2.44. The number of piperidine rings is 1. The second-order valence-electron chi connectivity index (χ2n) is 5.84. The van der Waals surface area contributed by atoms with Crippen LogP contribution in [0, 0.1) is 12.8 Å². The molecule has 20 heavy (non-hydrogen) atoms. The van der Waals surface area contributed by atoms with Gasteiger partial charge in [0.15, 0.2) is 0 Å². The summed E-state index contributed by atoms with van der Waals surface area (Å²) in [6, 6.07) is 5.02. The minimum Gasteiger partial charge on any atom is -0.392 e. The van der Waals surface area contributed by atoms with Crippen LogP contribution < -0.4 is 0 Å². The van der Waals surface area contributed by atoms with Crippen molar-refractivity contribution in [3.8, 4) is 0 Å². The van der Waals surface area contributed by atoms with E-state index in [1.165, 1.54) is 0 Å². The molecule has 4 nitrogen and oxygen atoms in total. The molecule has 1 N–H and O–H groups in total. The average molecular weight is 297 g/mol. The van der Waals surface area contributed by atoms with Crippen molar-refractivity contribution in [1.82, 2.24) is 4.31 Å². The molecule has 0 radical (unpaired) electrons. The van der Waals surface area contributed by atoms with Crippen molar-refractivity contribution in [1.29, 1.82) is 0 Å². The van der Waals surface area contributed by atoms with E-state index < -0.39 is 10.0 Å². The van der Waals surface area contributed by atoms with Gasteiger partial charge in [-0.25, -0.2) is 8.42 Å². The summed E-state index contributed by atoms with van der Waals surface area (Å²) >= 11 is 0. The summed E-state index contributed by atoms with van der Waals surface area (Å²) in [6.45, 7) is 6.44. The number of aliphatic hydroxyl groups excluding tert-OH is 1. The number of hydrogen-bond donors (Lipinski definition) is 1. The summed E-state index contributed by atoms with van der Waals surface area (Å²) in [6.07, 6.45) is 1.81. The second-order valence-corrected chi connectivity index (χ2v) is 7.73. The molecule has 2 rings (SSSR count). The fourth-order valence-electron chi connectivity index (χ4n) is 2.86. The van der Waals surface area contributed by atoms with Gasteiger partial charge in [0.1, 0.15) is 0 Å². The van der Waals surface area contributed by atoms with Crippen LogP contribution >= 0.6 is 0 Å². The molecule has 0 amide bonds. The van der Waals surface area contributed by atoms with Crippen molar-refractivity contribution in [2.45, 2.75) is 51.2 Å². The molecule has 1 saturated heterocycles. The van der Waals surface area contributed by atoms with Crippen LogP contribution in [0.2, 0.25) is 0 Å². The van der Waals surface area contributed by atoms with Crippen molar-refractivity contribution < 1.29 is 13.5 Å². The molecule has 1 fully saturated rings. The van der Waals surface area contributed by atoms with Gasteiger partial charge >= 0.3 is 0 Å². The molecule has 112 valence electrons. The van der Waals surface area contributed by atoms with Crippen molar-refractivity contribution in [3.05, 3.63) is 29.3 Å². The normalized spacial score (nSPS) is 24.8. The first-order valence-electron chi connectivity index (χ1n) is 7.08. The molecule has 0 aromatic heterocycles. The molecule has 1 aromatic carbocycles. The molecule has 0 bridgehead atoms. The SMILES string of the molecule is Cc1ccc(S(=O)(=O)N2CCC(C)CC2C)cc1CO. The number of aliphatic hydroxyl groups is 1. The number of rotatable bonds is 3. The lowest BCUT2D eigenvalue weighted by atomic mass is 9.95. The van der Waals surface area contributed by atoms with E-state index in [0.29, 0.717) is 18.0 Å². The predicted octanol–water partition coefficient (Wildman–Crippen LogP) is 2.30. The van der Waals surface area contributed by atoms with E-state index in [1.54, 1.807) is 22.5 Å². The van der Waals surface area contributed by atoms with E-state index in [4.69, 9.17) is 0 Å². The first kappa shape index (κ1) is 15.5. The quantitative estimate of drug-likeness (QED) is 0.931. The summed E-state index contributed by atoms with van der Waals surface area (Å²) in [5.41, 5.74) is 1.58. The highest BCUT2D eigenvalue weighted by Gasteiger charge is 2.33. The van der Waals surface area contributed by atoms with Crippen LogP contribution in [0.25, 0.3) is 0 Å². The van der Waals surface area contributed by atoms with Gasteiger partial charge in [0.05, 0.1) is 11.5 Å². The molecule has 0 saturated carbocycles. The maximum atomic E-state index is 12.7. The van der Waals surface area contributed by atoms with Crippen LogP contribution in [0.5, 0.6) is 0 Å². The molecule has 1 aromatic rings. The van der Waals surface area contributed by atoms with Gasteiger partial charge in [0.2, 0.25) is 10.0 Å². The van der Waals surface area contributed by atoms with Crippen LogP contribution in [0.4, 0.5) is 0 Å². The highest BCUT2D eigenvalue weighted by Crippen LogP contribution is 2.28. The van der Waals surface area contributed by atoms with Crippen molar-refractivity contribution in [3.63, 3.8) is 0 Å². The van der Waals surface area contributed by atoms with Gasteiger partial charge in [-0.1, -0.05) is 13.0 Å². The van der Waals surface area contributed by atoms with Gasteiger partial charge in [-0.05, 0) is 55.9 Å². The Labute approximate surface area is 121 Å². The summed E-state index contributed by atoms with van der Waals surface area (Å²) in [4.78, 5) is 0.286. The summed E-state index contributed by atoms with van der Waals surface area (Å²) in [5, 5.41) is 9.30. The standard InChI is InChI=1S/C15H23NO3S/c1-11-6-7-16(13(3)8-11)20(18,19)15-5-4-12(2)14(9-15)10-17/h4-5,9,11,13,17H,6-8,10H2,1-3H3. The molecule has 1 aliphatic heterocycles. The highest BCUT2D eigenvalue weighted by atomic mass is 32.2. The zero-order valence-electron chi connectivity index (χ0n) is 12.3. The van der Waals surface area contributed by atoms with Gasteiger partial charge < -0.3 is 5.11 Å². The molecule has 1 aliphatic rings. The number of aryl methyl sites for hydroxylation is 1. The lowest BCUT2D eigenvalue weighted by molar-refractivity contribution is 0.220. The van der Waals surface area contributed by atoms with E-state index in [9.17, 15) is 13.5 Å². The molecule has 5 heteroatoms. The van der Waals surface area contributed by atoms with Crippen LogP contribution in [0.1, 0.15) is 37.8 Å². The van der Waals surface area contributed by atoms with E-state index in [-0.39, 0.29) is 17.5 Å². The van der Waals surface area contributed by atoms with E-state index >= 15 is 0 Å². The smallest absolute Gasteiger partial charge is 0.243 e. The molecule has 0 spiro atoms. The molecular weight excluding hydrogens is 274 g/mol. The minimum atomic E-state index is -3.46. The first-order chi connectivity index (χ1) is 9.36. The third kappa shape index (κ3) is 2.90. The van der Waals surface area contributed by atoms with Crippen LogP contribution in [0.15, 0.2) is 23.1 Å². The average Bonchev–Trinajstić information content (AvgIpc) is 2.38. The Kier molecular flexibility index (Phi) is 4.52. The number of hydrogen-bond acceptors (Lipinski definition) is 3. The topological polar surface area (TPSA) is 57.6 Å². The lowest BCUT2D eigenvalue weighted by Gasteiger charge is -2.35. The Hall–Kier alpha value is -0.910. The summed E-state index contributed by atoms with van der Waals surface area (Å²) in [7, 11) is -3.46. The van der Waals surface area contributed by atoms with Crippen molar-refractivity contribution in [2.75, 3.05) is 6.54 Å². The van der Waals surface area contributed by atoms with Gasteiger partial charge in [0.25, 0.3) is 0 Å². The van der Waals surface area contributed by atoms with Crippen molar-refractivity contribution >= 4 is 10.0 Å². The Bertz CT molecular complexity index is 583. The van der Waals surface area contributed by atoms with Crippen LogP contribution in [-0.4, -0.2) is 30.4 Å². The van der Waals surface area contributed by atoms with E-state index in [0.717, 1.165) is 18.4 Å². The number of benzene rings is 1. The van der Waals surface area contributed by atoms with Gasteiger partial charge in [-0.15, -0.1) is 0 Å². The van der Waals surface area contributed by atoms with Crippen LogP contribution in [0.3, 0.4) is 0 Å². The highest BCUT2D eigenvalue weighted by molar-refractivity contribution is 7.89. The third-order valence-electron chi connectivity index (χ3n) is 4.17. The molecule has 2 atom stereocenters. The van der Waals surface area contributed by atoms with Gasteiger partial charge in [-0.3, -0.25) is 0 Å². The molecular formula is C15H23NO3S. The fourth-order valence-corrected chi connectivity index (χ4v) is 4.56. The zero-order chi connectivity index (χ0) is 14.9. The largest absolute Gasteiger partial charge is 0.392 e. The summed E-state index contributed by atoms with van der Waals surface area (Å²) < 4.78 is 27.1. The summed E-state index contributed by atoms with van der Waals surface area (Å²) in [5.74, 6) is 0.572. The second kappa shape index (κ2) is 5.84. The minimum absolute atomic E-state index is 0.0302. The van der Waals surface area contributed by atoms with Gasteiger partial charge in [0, 0.05) is 12.6 Å². The maximum Gasteiger partial charge on any atom is 0.243 e. The van der Waals surface area contributed by atoms with E-state index in [2.05, 4.69) is 6.92 Å². The van der Waals surface area contributed by atoms with Crippen molar-refractivity contribution in [2.24, 2.45) is 5.92 Å². The van der Waals surface area contributed by atoms with Crippen LogP contribution in [-0.2, 0) is 16.6 Å².